The fourth-order valence-electron chi connectivity index (χ4n) is 1.66. The number of rotatable bonds is 4. The predicted octanol–water partition coefficient (Wildman–Crippen LogP) is 2.41. The molecule has 1 heterocycles. The van der Waals surface area contributed by atoms with Crippen LogP contribution in [-0.4, -0.2) is 22.1 Å². The summed E-state index contributed by atoms with van der Waals surface area (Å²) < 4.78 is 0. The van der Waals surface area contributed by atoms with Crippen molar-refractivity contribution >= 4 is 17.7 Å². The summed E-state index contributed by atoms with van der Waals surface area (Å²) in [6, 6.07) is 9.35. The molecule has 0 unspecified atom stereocenters. The SMILES string of the molecule is Cc1ccc(CNC(=O)Nc2ccc(C(=O)O)cc2)cn1. The molecular formula is C15H15N3O3. The number of benzene rings is 1. The van der Waals surface area contributed by atoms with E-state index in [2.05, 4.69) is 15.6 Å². The third kappa shape index (κ3) is 4.31. The van der Waals surface area contributed by atoms with Crippen LogP contribution < -0.4 is 10.6 Å². The van der Waals surface area contributed by atoms with Gasteiger partial charge in [-0.05, 0) is 42.8 Å². The van der Waals surface area contributed by atoms with Gasteiger partial charge >= 0.3 is 12.0 Å². The van der Waals surface area contributed by atoms with E-state index in [4.69, 9.17) is 5.11 Å². The zero-order chi connectivity index (χ0) is 15.2. The molecule has 2 amide bonds. The summed E-state index contributed by atoms with van der Waals surface area (Å²) in [4.78, 5) is 26.6. The number of aryl methyl sites for hydroxylation is 1. The maximum Gasteiger partial charge on any atom is 0.335 e. The molecule has 2 aromatic rings. The fourth-order valence-corrected chi connectivity index (χ4v) is 1.66. The first-order valence-corrected chi connectivity index (χ1v) is 6.34. The maximum absolute atomic E-state index is 11.7. The molecule has 0 fully saturated rings. The lowest BCUT2D eigenvalue weighted by Crippen LogP contribution is -2.28. The van der Waals surface area contributed by atoms with Gasteiger partial charge in [0.05, 0.1) is 5.56 Å². The number of pyridine rings is 1. The lowest BCUT2D eigenvalue weighted by molar-refractivity contribution is 0.0697. The normalized spacial score (nSPS) is 9.95. The predicted molar refractivity (Wildman–Crippen MR) is 78.2 cm³/mol. The number of anilines is 1. The Morgan fingerprint density at radius 3 is 2.43 bits per heavy atom. The summed E-state index contributed by atoms with van der Waals surface area (Å²) in [6.45, 7) is 2.26. The molecule has 0 aliphatic heterocycles. The molecular weight excluding hydrogens is 270 g/mol. The van der Waals surface area contributed by atoms with Gasteiger partial charge in [0, 0.05) is 24.1 Å². The molecule has 0 aliphatic rings. The number of aromatic nitrogens is 1. The van der Waals surface area contributed by atoms with Crippen molar-refractivity contribution in [3.8, 4) is 0 Å². The number of carboxylic acids is 1. The quantitative estimate of drug-likeness (QED) is 0.804. The Labute approximate surface area is 121 Å². The molecule has 3 N–H and O–H groups in total. The van der Waals surface area contributed by atoms with Gasteiger partial charge in [-0.1, -0.05) is 6.07 Å². The highest BCUT2D eigenvalue weighted by atomic mass is 16.4. The number of hydrogen-bond donors (Lipinski definition) is 3. The van der Waals surface area contributed by atoms with Gasteiger partial charge in [0.1, 0.15) is 0 Å². The Morgan fingerprint density at radius 2 is 1.86 bits per heavy atom. The highest BCUT2D eigenvalue weighted by molar-refractivity contribution is 5.91. The Hall–Kier alpha value is -2.89. The van der Waals surface area contributed by atoms with E-state index >= 15 is 0 Å². The van der Waals surface area contributed by atoms with Crippen molar-refractivity contribution in [1.82, 2.24) is 10.3 Å². The van der Waals surface area contributed by atoms with Crippen molar-refractivity contribution in [1.29, 1.82) is 0 Å². The first-order valence-electron chi connectivity index (χ1n) is 6.34. The minimum absolute atomic E-state index is 0.173. The third-order valence-electron chi connectivity index (χ3n) is 2.82. The van der Waals surface area contributed by atoms with Crippen molar-refractivity contribution in [3.63, 3.8) is 0 Å². The monoisotopic (exact) mass is 285 g/mol. The van der Waals surface area contributed by atoms with Gasteiger partial charge in [-0.3, -0.25) is 4.98 Å². The van der Waals surface area contributed by atoms with Crippen LogP contribution in [0.3, 0.4) is 0 Å². The second kappa shape index (κ2) is 6.51. The Kier molecular flexibility index (Phi) is 4.50. The molecule has 0 saturated heterocycles. The van der Waals surface area contributed by atoms with E-state index < -0.39 is 5.97 Å². The van der Waals surface area contributed by atoms with Crippen molar-refractivity contribution in [2.45, 2.75) is 13.5 Å². The van der Waals surface area contributed by atoms with Crippen molar-refractivity contribution < 1.29 is 14.7 Å². The molecule has 0 radical (unpaired) electrons. The lowest BCUT2D eigenvalue weighted by atomic mass is 10.2. The molecule has 21 heavy (non-hydrogen) atoms. The van der Waals surface area contributed by atoms with Crippen LogP contribution in [0.15, 0.2) is 42.6 Å². The van der Waals surface area contributed by atoms with Crippen LogP contribution in [0.25, 0.3) is 0 Å². The molecule has 6 heteroatoms. The van der Waals surface area contributed by atoms with E-state index in [-0.39, 0.29) is 11.6 Å². The van der Waals surface area contributed by atoms with E-state index in [1.807, 2.05) is 19.1 Å². The van der Waals surface area contributed by atoms with Crippen molar-refractivity contribution in [3.05, 3.63) is 59.4 Å². The van der Waals surface area contributed by atoms with Crippen LogP contribution in [0.2, 0.25) is 0 Å². The lowest BCUT2D eigenvalue weighted by Gasteiger charge is -2.08. The van der Waals surface area contributed by atoms with Gasteiger partial charge in [0.25, 0.3) is 0 Å². The second-order valence-corrected chi connectivity index (χ2v) is 4.50. The van der Waals surface area contributed by atoms with Crippen molar-refractivity contribution in [2.75, 3.05) is 5.32 Å². The van der Waals surface area contributed by atoms with Gasteiger partial charge < -0.3 is 15.7 Å². The van der Waals surface area contributed by atoms with Gasteiger partial charge in [-0.25, -0.2) is 9.59 Å². The minimum Gasteiger partial charge on any atom is -0.478 e. The van der Waals surface area contributed by atoms with Crippen LogP contribution in [0.5, 0.6) is 0 Å². The zero-order valence-electron chi connectivity index (χ0n) is 11.5. The average Bonchev–Trinajstić information content (AvgIpc) is 2.47. The van der Waals surface area contributed by atoms with Gasteiger partial charge in [0.15, 0.2) is 0 Å². The summed E-state index contributed by atoms with van der Waals surface area (Å²) >= 11 is 0. The molecule has 0 aliphatic carbocycles. The largest absolute Gasteiger partial charge is 0.478 e. The van der Waals surface area contributed by atoms with Crippen LogP contribution in [0, 0.1) is 6.92 Å². The summed E-state index contributed by atoms with van der Waals surface area (Å²) in [5.74, 6) is -1.00. The molecule has 0 bridgehead atoms. The molecule has 0 spiro atoms. The van der Waals surface area contributed by atoms with E-state index in [1.54, 1.807) is 6.20 Å². The highest BCUT2D eigenvalue weighted by Gasteiger charge is 2.04. The number of carbonyl (C=O) groups excluding carboxylic acids is 1. The van der Waals surface area contributed by atoms with Gasteiger partial charge in [-0.2, -0.15) is 0 Å². The first-order chi connectivity index (χ1) is 10.0. The molecule has 0 atom stereocenters. The van der Waals surface area contributed by atoms with Gasteiger partial charge in [-0.15, -0.1) is 0 Å². The number of nitrogens with zero attached hydrogens (tertiary/aromatic N) is 1. The van der Waals surface area contributed by atoms with Crippen LogP contribution in [-0.2, 0) is 6.54 Å². The summed E-state index contributed by atoms with van der Waals surface area (Å²) in [5.41, 5.74) is 2.52. The number of hydrogen-bond acceptors (Lipinski definition) is 3. The Bertz CT molecular complexity index is 636. The first kappa shape index (κ1) is 14.5. The average molecular weight is 285 g/mol. The number of amides is 2. The van der Waals surface area contributed by atoms with Crippen LogP contribution in [0.4, 0.5) is 10.5 Å². The Balaban J connectivity index is 1.86. The van der Waals surface area contributed by atoms with Crippen LogP contribution in [0.1, 0.15) is 21.6 Å². The topological polar surface area (TPSA) is 91.3 Å². The minimum atomic E-state index is -1.00. The van der Waals surface area contributed by atoms with E-state index in [0.717, 1.165) is 11.3 Å². The molecule has 108 valence electrons. The summed E-state index contributed by atoms with van der Waals surface area (Å²) in [7, 11) is 0. The highest BCUT2D eigenvalue weighted by Crippen LogP contribution is 2.09. The molecule has 2 rings (SSSR count). The maximum atomic E-state index is 11.7. The second-order valence-electron chi connectivity index (χ2n) is 4.50. The summed E-state index contributed by atoms with van der Waals surface area (Å²) in [6.07, 6.45) is 1.71. The molecule has 0 saturated carbocycles. The fraction of sp³-hybridized carbons (Fsp3) is 0.133. The zero-order valence-corrected chi connectivity index (χ0v) is 11.5. The Morgan fingerprint density at radius 1 is 1.14 bits per heavy atom. The number of urea groups is 1. The van der Waals surface area contributed by atoms with Gasteiger partial charge in [0.2, 0.25) is 0 Å². The number of aromatic carboxylic acids is 1. The summed E-state index contributed by atoms with van der Waals surface area (Å²) in [5, 5.41) is 14.1. The van der Waals surface area contributed by atoms with Crippen molar-refractivity contribution in [2.24, 2.45) is 0 Å². The standard InChI is InChI=1S/C15H15N3O3/c1-10-2-3-11(8-16-10)9-17-15(21)18-13-6-4-12(5-7-13)14(19)20/h2-8H,9H2,1H3,(H,19,20)(H2,17,18,21). The number of nitrogens with one attached hydrogen (secondary N) is 2. The molecule has 1 aromatic carbocycles. The van der Waals surface area contributed by atoms with E-state index in [0.29, 0.717) is 12.2 Å². The number of carbonyl (C=O) groups is 2. The molecule has 1 aromatic heterocycles. The smallest absolute Gasteiger partial charge is 0.335 e. The number of carboxylic acid groups (broad SMARTS) is 1. The molecule has 6 nitrogen and oxygen atoms in total. The third-order valence-corrected chi connectivity index (χ3v) is 2.82. The van der Waals surface area contributed by atoms with E-state index in [1.165, 1.54) is 24.3 Å². The van der Waals surface area contributed by atoms with E-state index in [9.17, 15) is 9.59 Å². The van der Waals surface area contributed by atoms with Crippen LogP contribution >= 0.6 is 0 Å².